The molecular formula is C25H29N3O6S. The molecule has 2 amide bonds. The second-order valence-corrected chi connectivity index (χ2v) is 9.32. The van der Waals surface area contributed by atoms with Crippen LogP contribution in [-0.2, 0) is 26.2 Å². The van der Waals surface area contributed by atoms with Crippen molar-refractivity contribution in [3.63, 3.8) is 0 Å². The first-order valence-electron chi connectivity index (χ1n) is 11.3. The van der Waals surface area contributed by atoms with E-state index in [0.29, 0.717) is 30.2 Å². The standard InChI is InChI=1S/C25H29N3O6S/c1-3-23(25(30)26-17-21-9-8-16-34-21)28(19-12-14-20(15-13-19)33-4-2)24(29)18-27-35(31,32)22-10-6-5-7-11-22/h5-16,23,27H,3-4,17-18H2,1-2H3,(H,26,30)/t23-/m1/s1. The van der Waals surface area contributed by atoms with Gasteiger partial charge in [0.1, 0.15) is 17.6 Å². The summed E-state index contributed by atoms with van der Waals surface area (Å²) in [6, 6.07) is 17.1. The van der Waals surface area contributed by atoms with E-state index < -0.39 is 34.4 Å². The van der Waals surface area contributed by atoms with Gasteiger partial charge in [-0.25, -0.2) is 13.1 Å². The van der Waals surface area contributed by atoms with Crippen LogP contribution in [0.1, 0.15) is 26.0 Å². The number of benzene rings is 2. The van der Waals surface area contributed by atoms with E-state index >= 15 is 0 Å². The van der Waals surface area contributed by atoms with Crippen LogP contribution in [0.5, 0.6) is 5.75 Å². The second-order valence-electron chi connectivity index (χ2n) is 7.55. The van der Waals surface area contributed by atoms with Crippen molar-refractivity contribution in [3.8, 4) is 5.75 Å². The van der Waals surface area contributed by atoms with Crippen molar-refractivity contribution in [2.24, 2.45) is 0 Å². The summed E-state index contributed by atoms with van der Waals surface area (Å²) >= 11 is 0. The fourth-order valence-corrected chi connectivity index (χ4v) is 4.48. The zero-order valence-electron chi connectivity index (χ0n) is 19.6. The number of rotatable bonds is 12. The predicted octanol–water partition coefficient (Wildman–Crippen LogP) is 3.08. The lowest BCUT2D eigenvalue weighted by atomic mass is 10.1. The smallest absolute Gasteiger partial charge is 0.243 e. The highest BCUT2D eigenvalue weighted by atomic mass is 32.2. The molecule has 0 spiro atoms. The number of ether oxygens (including phenoxy) is 1. The highest BCUT2D eigenvalue weighted by Crippen LogP contribution is 2.23. The van der Waals surface area contributed by atoms with E-state index in [9.17, 15) is 18.0 Å². The molecule has 0 fully saturated rings. The van der Waals surface area contributed by atoms with Gasteiger partial charge in [-0.3, -0.25) is 14.5 Å². The van der Waals surface area contributed by atoms with E-state index in [0.717, 1.165) is 0 Å². The molecule has 9 nitrogen and oxygen atoms in total. The third-order valence-electron chi connectivity index (χ3n) is 5.18. The Labute approximate surface area is 205 Å². The van der Waals surface area contributed by atoms with Crippen LogP contribution in [0.15, 0.2) is 82.3 Å². The molecule has 1 heterocycles. The van der Waals surface area contributed by atoms with Crippen LogP contribution < -0.4 is 19.7 Å². The number of furan rings is 1. The van der Waals surface area contributed by atoms with Crippen LogP contribution in [0, 0.1) is 0 Å². The molecule has 0 saturated carbocycles. The minimum atomic E-state index is -3.91. The summed E-state index contributed by atoms with van der Waals surface area (Å²) in [4.78, 5) is 27.8. The largest absolute Gasteiger partial charge is 0.494 e. The van der Waals surface area contributed by atoms with Gasteiger partial charge in [-0.2, -0.15) is 0 Å². The molecule has 0 bridgehead atoms. The third-order valence-corrected chi connectivity index (χ3v) is 6.60. The summed E-state index contributed by atoms with van der Waals surface area (Å²) in [6.45, 7) is 3.76. The quantitative estimate of drug-likeness (QED) is 0.395. The van der Waals surface area contributed by atoms with Gasteiger partial charge < -0.3 is 14.5 Å². The van der Waals surface area contributed by atoms with Crippen LogP contribution in [0.2, 0.25) is 0 Å². The molecule has 0 radical (unpaired) electrons. The van der Waals surface area contributed by atoms with Gasteiger partial charge in [-0.15, -0.1) is 0 Å². The van der Waals surface area contributed by atoms with Gasteiger partial charge in [-0.05, 0) is 61.9 Å². The van der Waals surface area contributed by atoms with Gasteiger partial charge >= 0.3 is 0 Å². The summed E-state index contributed by atoms with van der Waals surface area (Å²) in [5, 5.41) is 2.78. The van der Waals surface area contributed by atoms with Crippen molar-refractivity contribution in [1.29, 1.82) is 0 Å². The number of sulfonamides is 1. The van der Waals surface area contributed by atoms with E-state index in [1.807, 2.05) is 6.92 Å². The van der Waals surface area contributed by atoms with Gasteiger partial charge in [0, 0.05) is 5.69 Å². The third kappa shape index (κ3) is 6.93. The van der Waals surface area contributed by atoms with Crippen molar-refractivity contribution in [3.05, 3.63) is 78.8 Å². The minimum Gasteiger partial charge on any atom is -0.494 e. The Kier molecular flexibility index (Phi) is 9.04. The minimum absolute atomic E-state index is 0.0450. The van der Waals surface area contributed by atoms with Crippen molar-refractivity contribution < 1.29 is 27.2 Å². The Morgan fingerprint density at radius 3 is 2.31 bits per heavy atom. The Hall–Kier alpha value is -3.63. The van der Waals surface area contributed by atoms with E-state index in [2.05, 4.69) is 10.0 Å². The van der Waals surface area contributed by atoms with Crippen LogP contribution in [0.25, 0.3) is 0 Å². The van der Waals surface area contributed by atoms with Crippen molar-refractivity contribution in [2.75, 3.05) is 18.1 Å². The first-order chi connectivity index (χ1) is 16.9. The summed E-state index contributed by atoms with van der Waals surface area (Å²) in [6.07, 6.45) is 1.81. The van der Waals surface area contributed by atoms with Gasteiger partial charge in [0.25, 0.3) is 0 Å². The molecular weight excluding hydrogens is 470 g/mol. The summed E-state index contributed by atoms with van der Waals surface area (Å²) in [5.41, 5.74) is 0.442. The Bertz CT molecular complexity index is 1200. The molecule has 1 aromatic heterocycles. The molecule has 0 unspecified atom stereocenters. The first-order valence-corrected chi connectivity index (χ1v) is 12.7. The van der Waals surface area contributed by atoms with Gasteiger partial charge in [0.2, 0.25) is 21.8 Å². The molecule has 0 saturated heterocycles. The monoisotopic (exact) mass is 499 g/mol. The van der Waals surface area contributed by atoms with Crippen molar-refractivity contribution in [2.45, 2.75) is 37.8 Å². The molecule has 3 rings (SSSR count). The van der Waals surface area contributed by atoms with Gasteiger partial charge in [0.05, 0.1) is 30.9 Å². The molecule has 0 aliphatic heterocycles. The normalized spacial score (nSPS) is 12.1. The predicted molar refractivity (Wildman–Crippen MR) is 131 cm³/mol. The maximum absolute atomic E-state index is 13.3. The Morgan fingerprint density at radius 2 is 1.71 bits per heavy atom. The molecule has 10 heteroatoms. The van der Waals surface area contributed by atoms with E-state index in [-0.39, 0.29) is 11.4 Å². The van der Waals surface area contributed by atoms with Crippen molar-refractivity contribution in [1.82, 2.24) is 10.0 Å². The molecule has 2 aromatic carbocycles. The zero-order valence-corrected chi connectivity index (χ0v) is 20.5. The molecule has 3 aromatic rings. The summed E-state index contributed by atoms with van der Waals surface area (Å²) in [5.74, 6) is 0.220. The lowest BCUT2D eigenvalue weighted by molar-refractivity contribution is -0.126. The van der Waals surface area contributed by atoms with Crippen LogP contribution in [-0.4, -0.2) is 39.4 Å². The molecule has 1 atom stereocenters. The van der Waals surface area contributed by atoms with Gasteiger partial charge in [0.15, 0.2) is 0 Å². The molecule has 2 N–H and O–H groups in total. The highest BCUT2D eigenvalue weighted by molar-refractivity contribution is 7.89. The van der Waals surface area contributed by atoms with Crippen LogP contribution in [0.4, 0.5) is 5.69 Å². The number of anilines is 1. The SMILES string of the molecule is CCOc1ccc(N(C(=O)CNS(=O)(=O)c2ccccc2)[C@H](CC)C(=O)NCc2ccco2)cc1. The van der Waals surface area contributed by atoms with Crippen LogP contribution >= 0.6 is 0 Å². The fourth-order valence-electron chi connectivity index (χ4n) is 3.48. The number of hydrogen-bond acceptors (Lipinski definition) is 6. The van der Waals surface area contributed by atoms with E-state index in [1.54, 1.807) is 61.5 Å². The summed E-state index contributed by atoms with van der Waals surface area (Å²) in [7, 11) is -3.91. The number of amides is 2. The maximum atomic E-state index is 13.3. The highest BCUT2D eigenvalue weighted by Gasteiger charge is 2.30. The molecule has 35 heavy (non-hydrogen) atoms. The number of carbonyl (C=O) groups is 2. The Balaban J connectivity index is 1.83. The average Bonchev–Trinajstić information content (AvgIpc) is 3.39. The lowest BCUT2D eigenvalue weighted by Crippen LogP contribution is -2.52. The molecule has 0 aliphatic carbocycles. The average molecular weight is 500 g/mol. The van der Waals surface area contributed by atoms with Crippen LogP contribution in [0.3, 0.4) is 0 Å². The number of hydrogen-bond donors (Lipinski definition) is 2. The fraction of sp³-hybridized carbons (Fsp3) is 0.280. The lowest BCUT2D eigenvalue weighted by Gasteiger charge is -2.30. The van der Waals surface area contributed by atoms with E-state index in [1.165, 1.54) is 23.3 Å². The van der Waals surface area contributed by atoms with Crippen molar-refractivity contribution >= 4 is 27.5 Å². The topological polar surface area (TPSA) is 118 Å². The first kappa shape index (κ1) is 26.0. The second kappa shape index (κ2) is 12.2. The zero-order chi connectivity index (χ0) is 25.3. The molecule has 186 valence electrons. The summed E-state index contributed by atoms with van der Waals surface area (Å²) < 4.78 is 38.3. The molecule has 0 aliphatic rings. The number of nitrogens with zero attached hydrogens (tertiary/aromatic N) is 1. The Morgan fingerprint density at radius 1 is 1.00 bits per heavy atom. The van der Waals surface area contributed by atoms with Gasteiger partial charge in [-0.1, -0.05) is 25.1 Å². The maximum Gasteiger partial charge on any atom is 0.243 e. The van der Waals surface area contributed by atoms with E-state index in [4.69, 9.17) is 9.15 Å². The number of nitrogens with one attached hydrogen (secondary N) is 2. The number of carbonyl (C=O) groups excluding carboxylic acids is 2.